The molecule has 1 atom stereocenters. The van der Waals surface area contributed by atoms with Crippen molar-refractivity contribution in [1.82, 2.24) is 4.98 Å². The van der Waals surface area contributed by atoms with Crippen LogP contribution in [0.15, 0.2) is 29.8 Å². The molecule has 1 aromatic heterocycles. The third-order valence-corrected chi connectivity index (χ3v) is 3.51. The minimum atomic E-state index is -0.170. The first-order valence-corrected chi connectivity index (χ1v) is 6.61. The molecule has 4 nitrogen and oxygen atoms in total. The fraction of sp³-hybridized carbons (Fsp3) is 0.231. The number of fused-ring (bicyclic) bond motifs is 1. The standard InChI is InChI=1S/C13H12N2O2S/c1-8-7-9-3-2-4-10(11(9)17-8)12(16)15-13-14-5-6-18-13/h2-6,8H,7H2,1H3,(H,14,15,16). The lowest BCUT2D eigenvalue weighted by molar-refractivity contribution is 0.102. The summed E-state index contributed by atoms with van der Waals surface area (Å²) in [4.78, 5) is 16.2. The Labute approximate surface area is 109 Å². The van der Waals surface area contributed by atoms with E-state index in [1.807, 2.05) is 24.4 Å². The van der Waals surface area contributed by atoms with Gasteiger partial charge in [-0.05, 0) is 18.6 Å². The van der Waals surface area contributed by atoms with Crippen LogP contribution in [0, 0.1) is 0 Å². The van der Waals surface area contributed by atoms with Crippen molar-refractivity contribution in [2.75, 3.05) is 5.32 Å². The summed E-state index contributed by atoms with van der Waals surface area (Å²) >= 11 is 1.40. The van der Waals surface area contributed by atoms with Gasteiger partial charge in [0.2, 0.25) is 0 Å². The van der Waals surface area contributed by atoms with Crippen LogP contribution in [-0.4, -0.2) is 17.0 Å². The average Bonchev–Trinajstić information content (AvgIpc) is 2.95. The zero-order chi connectivity index (χ0) is 12.5. The van der Waals surface area contributed by atoms with Gasteiger partial charge in [-0.15, -0.1) is 11.3 Å². The molecule has 1 aliphatic heterocycles. The topological polar surface area (TPSA) is 51.2 Å². The van der Waals surface area contributed by atoms with Crippen LogP contribution >= 0.6 is 11.3 Å². The van der Waals surface area contributed by atoms with Crippen molar-refractivity contribution in [3.8, 4) is 5.75 Å². The molecule has 0 bridgehead atoms. The summed E-state index contributed by atoms with van der Waals surface area (Å²) in [5.41, 5.74) is 1.67. The summed E-state index contributed by atoms with van der Waals surface area (Å²) in [5, 5.41) is 5.19. The molecule has 2 heterocycles. The average molecular weight is 260 g/mol. The van der Waals surface area contributed by atoms with Crippen LogP contribution in [0.5, 0.6) is 5.75 Å². The molecule has 18 heavy (non-hydrogen) atoms. The SMILES string of the molecule is CC1Cc2cccc(C(=O)Nc3nccs3)c2O1. The molecule has 0 saturated carbocycles. The van der Waals surface area contributed by atoms with Crippen molar-refractivity contribution in [1.29, 1.82) is 0 Å². The van der Waals surface area contributed by atoms with E-state index in [9.17, 15) is 4.79 Å². The number of hydrogen-bond acceptors (Lipinski definition) is 4. The van der Waals surface area contributed by atoms with Gasteiger partial charge < -0.3 is 4.74 Å². The number of ether oxygens (including phenoxy) is 1. The van der Waals surface area contributed by atoms with Gasteiger partial charge >= 0.3 is 0 Å². The monoisotopic (exact) mass is 260 g/mol. The van der Waals surface area contributed by atoms with Gasteiger partial charge in [-0.2, -0.15) is 0 Å². The molecule has 5 heteroatoms. The number of aromatic nitrogens is 1. The van der Waals surface area contributed by atoms with E-state index in [4.69, 9.17) is 4.74 Å². The second kappa shape index (κ2) is 4.42. The zero-order valence-electron chi connectivity index (χ0n) is 9.84. The second-order valence-electron chi connectivity index (χ2n) is 4.22. The lowest BCUT2D eigenvalue weighted by Gasteiger charge is -2.08. The van der Waals surface area contributed by atoms with E-state index in [-0.39, 0.29) is 12.0 Å². The second-order valence-corrected chi connectivity index (χ2v) is 5.11. The van der Waals surface area contributed by atoms with Crippen LogP contribution < -0.4 is 10.1 Å². The lowest BCUT2D eigenvalue weighted by atomic mass is 10.1. The summed E-state index contributed by atoms with van der Waals surface area (Å²) < 4.78 is 5.70. The molecule has 1 aromatic carbocycles. The summed E-state index contributed by atoms with van der Waals surface area (Å²) in [5.74, 6) is 0.537. The molecule has 0 fully saturated rings. The van der Waals surface area contributed by atoms with Gasteiger partial charge in [-0.3, -0.25) is 10.1 Å². The highest BCUT2D eigenvalue weighted by molar-refractivity contribution is 7.13. The van der Waals surface area contributed by atoms with Gasteiger partial charge in [-0.1, -0.05) is 12.1 Å². The van der Waals surface area contributed by atoms with Gasteiger partial charge in [0.1, 0.15) is 11.9 Å². The molecule has 1 N–H and O–H groups in total. The number of nitrogens with zero attached hydrogens (tertiary/aromatic N) is 1. The highest BCUT2D eigenvalue weighted by Crippen LogP contribution is 2.32. The van der Waals surface area contributed by atoms with Crippen LogP contribution in [0.1, 0.15) is 22.8 Å². The van der Waals surface area contributed by atoms with Crippen LogP contribution in [-0.2, 0) is 6.42 Å². The molecule has 0 aliphatic carbocycles. The van der Waals surface area contributed by atoms with Crippen LogP contribution in [0.4, 0.5) is 5.13 Å². The number of thiazole rings is 1. The molecule has 1 unspecified atom stereocenters. The number of benzene rings is 1. The van der Waals surface area contributed by atoms with Gasteiger partial charge in [0, 0.05) is 18.0 Å². The zero-order valence-corrected chi connectivity index (χ0v) is 10.7. The van der Waals surface area contributed by atoms with Crippen molar-refractivity contribution < 1.29 is 9.53 Å². The van der Waals surface area contributed by atoms with Crippen molar-refractivity contribution in [3.63, 3.8) is 0 Å². The maximum Gasteiger partial charge on any atom is 0.261 e. The number of amides is 1. The summed E-state index contributed by atoms with van der Waals surface area (Å²) in [6.45, 7) is 2.00. The third kappa shape index (κ3) is 1.97. The van der Waals surface area contributed by atoms with E-state index in [1.165, 1.54) is 11.3 Å². The van der Waals surface area contributed by atoms with Crippen LogP contribution in [0.2, 0.25) is 0 Å². The van der Waals surface area contributed by atoms with Crippen molar-refractivity contribution in [2.24, 2.45) is 0 Å². The highest BCUT2D eigenvalue weighted by Gasteiger charge is 2.24. The molecular formula is C13H12N2O2S. The number of carbonyl (C=O) groups is 1. The smallest absolute Gasteiger partial charge is 0.261 e. The molecule has 0 saturated heterocycles. The number of hydrogen-bond donors (Lipinski definition) is 1. The van der Waals surface area contributed by atoms with E-state index >= 15 is 0 Å². The van der Waals surface area contributed by atoms with Crippen molar-refractivity contribution >= 4 is 22.4 Å². The predicted octanol–water partition coefficient (Wildman–Crippen LogP) is 2.72. The Kier molecular flexibility index (Phi) is 2.76. The number of para-hydroxylation sites is 1. The Hall–Kier alpha value is -1.88. The van der Waals surface area contributed by atoms with E-state index in [0.29, 0.717) is 16.4 Å². The molecule has 3 rings (SSSR count). The number of carbonyl (C=O) groups excluding carboxylic acids is 1. The molecule has 92 valence electrons. The lowest BCUT2D eigenvalue weighted by Crippen LogP contribution is -2.13. The van der Waals surface area contributed by atoms with Crippen LogP contribution in [0.3, 0.4) is 0 Å². The Morgan fingerprint density at radius 3 is 3.22 bits per heavy atom. The maximum atomic E-state index is 12.2. The Morgan fingerprint density at radius 2 is 2.44 bits per heavy atom. The minimum Gasteiger partial charge on any atom is -0.489 e. The van der Waals surface area contributed by atoms with Crippen molar-refractivity contribution in [2.45, 2.75) is 19.4 Å². The Morgan fingerprint density at radius 1 is 1.56 bits per heavy atom. The van der Waals surface area contributed by atoms with E-state index in [1.54, 1.807) is 12.3 Å². The van der Waals surface area contributed by atoms with Crippen molar-refractivity contribution in [3.05, 3.63) is 40.9 Å². The third-order valence-electron chi connectivity index (χ3n) is 2.82. The minimum absolute atomic E-state index is 0.133. The molecule has 2 aromatic rings. The first-order valence-electron chi connectivity index (χ1n) is 5.73. The summed E-state index contributed by atoms with van der Waals surface area (Å²) in [7, 11) is 0. The molecule has 0 radical (unpaired) electrons. The van der Waals surface area contributed by atoms with E-state index < -0.39 is 0 Å². The summed E-state index contributed by atoms with van der Waals surface area (Å²) in [6.07, 6.45) is 2.65. The molecule has 0 spiro atoms. The van der Waals surface area contributed by atoms with Crippen LogP contribution in [0.25, 0.3) is 0 Å². The molecular weight excluding hydrogens is 248 g/mol. The number of rotatable bonds is 2. The maximum absolute atomic E-state index is 12.2. The Bertz CT molecular complexity index is 581. The first kappa shape index (κ1) is 11.2. The van der Waals surface area contributed by atoms with Gasteiger partial charge in [-0.25, -0.2) is 4.98 Å². The normalized spacial score (nSPS) is 17.1. The predicted molar refractivity (Wildman–Crippen MR) is 70.3 cm³/mol. The molecule has 1 amide bonds. The Balaban J connectivity index is 1.89. The molecule has 1 aliphatic rings. The quantitative estimate of drug-likeness (QED) is 0.903. The van der Waals surface area contributed by atoms with E-state index in [2.05, 4.69) is 10.3 Å². The number of nitrogens with one attached hydrogen (secondary N) is 1. The highest BCUT2D eigenvalue weighted by atomic mass is 32.1. The first-order chi connectivity index (χ1) is 8.74. The number of anilines is 1. The van der Waals surface area contributed by atoms with E-state index in [0.717, 1.165) is 12.0 Å². The van der Waals surface area contributed by atoms with Gasteiger partial charge in [0.05, 0.1) is 5.56 Å². The fourth-order valence-electron chi connectivity index (χ4n) is 2.07. The van der Waals surface area contributed by atoms with Gasteiger partial charge in [0.25, 0.3) is 5.91 Å². The largest absolute Gasteiger partial charge is 0.489 e. The fourth-order valence-corrected chi connectivity index (χ4v) is 2.59. The van der Waals surface area contributed by atoms with Gasteiger partial charge in [0.15, 0.2) is 5.13 Å². The summed E-state index contributed by atoms with van der Waals surface area (Å²) in [6, 6.07) is 5.66.